The third kappa shape index (κ3) is 18.1. The van der Waals surface area contributed by atoms with E-state index < -0.39 is 77.8 Å². The highest BCUT2D eigenvalue weighted by Crippen LogP contribution is 2.38. The fourth-order valence-electron chi connectivity index (χ4n) is 10.9. The normalized spacial score (nSPS) is 37.3. The molecule has 3 heterocycles. The Morgan fingerprint density at radius 2 is 1.59 bits per heavy atom. The number of carbonyl (C=O) groups excluding carboxylic acids is 5. The predicted molar refractivity (Wildman–Crippen MR) is 276 cm³/mol. The second-order valence-corrected chi connectivity index (χ2v) is 21.4. The first-order chi connectivity index (χ1) is 34.8. The lowest BCUT2D eigenvalue weighted by molar-refractivity contribution is -0.266. The molecule has 0 aromatic carbocycles. The number of methoxy groups -OCH3 is 2. The lowest BCUT2D eigenvalue weighted by Gasteiger charge is -2.43. The number of amides is 1. The Hall–Kier alpha value is -3.45. The number of allylic oxidation sites excluding steroid dienone is 6. The Morgan fingerprint density at radius 1 is 0.836 bits per heavy atom. The van der Waals surface area contributed by atoms with Crippen molar-refractivity contribution in [3.8, 4) is 0 Å². The van der Waals surface area contributed by atoms with Crippen LogP contribution in [0.1, 0.15) is 139 Å². The number of fused-ring (bicyclic) bond motifs is 3. The van der Waals surface area contributed by atoms with Crippen LogP contribution in [-0.4, -0.2) is 158 Å². The summed E-state index contributed by atoms with van der Waals surface area (Å²) in [5.74, 6) is -8.09. The monoisotopic (exact) mass is 1030 g/mol. The maximum Gasteiger partial charge on any atom is 0.329 e. The number of cyclic esters (lactones) is 1. The number of ketones is 3. The number of hydrogen-bond donors (Lipinski definition) is 3. The molecular weight excluding hydrogens is 939 g/mol. The Morgan fingerprint density at radius 3 is 2.29 bits per heavy atom. The first kappa shape index (κ1) is 62.1. The van der Waals surface area contributed by atoms with Gasteiger partial charge in [0.05, 0.1) is 50.8 Å². The van der Waals surface area contributed by atoms with E-state index in [0.29, 0.717) is 76.8 Å². The van der Waals surface area contributed by atoms with Crippen molar-refractivity contribution in [1.29, 1.82) is 0 Å². The van der Waals surface area contributed by atoms with Gasteiger partial charge in [0.25, 0.3) is 11.7 Å². The van der Waals surface area contributed by atoms with Gasteiger partial charge in [-0.2, -0.15) is 0 Å². The number of Topliss-reactive ketones (excluding diaryl/α,β-unsaturated/α-hetero) is 3. The molecule has 4 rings (SSSR count). The highest BCUT2D eigenvalue weighted by molar-refractivity contribution is 6.39. The number of carbonyl (C=O) groups is 5. The third-order valence-electron chi connectivity index (χ3n) is 15.5. The highest BCUT2D eigenvalue weighted by Gasteiger charge is 2.53. The summed E-state index contributed by atoms with van der Waals surface area (Å²) in [5.41, 5.74) is 1.25. The summed E-state index contributed by atoms with van der Waals surface area (Å²) in [6, 6.07) is -1.16. The van der Waals surface area contributed by atoms with E-state index in [1.807, 2.05) is 65.0 Å². The van der Waals surface area contributed by atoms with Crippen molar-refractivity contribution in [2.45, 2.75) is 193 Å². The van der Waals surface area contributed by atoms with Gasteiger partial charge in [-0.25, -0.2) is 4.79 Å². The molecular formula is C57H91NO15. The summed E-state index contributed by atoms with van der Waals surface area (Å²) in [4.78, 5) is 72.7. The molecule has 2 bridgehead atoms. The standard InChI is InChI=1S/C57H91NO15/c1-11-26-69-28-29-71-48-34-44-22-20-42(8)57(66,73-44)54(63)55(64)58-24-16-15-19-45(58)56(65)72-49(39(5)32-43-21-23-47(70-27-25-59)50(33-43)67-9)35-46(60)38(4)31-41(7)52(62)53(68-10)51(61)40(6)30-36(2)17-13-12-14-18-37(48)3/h12-14,17-18,31,36,38-40,42-45,47-50,52-53,59,62,66H,11,15-16,19-30,32-35H2,1-10H3/b14-12+,17-13+,37-18+,41-31+/t36-,38-,39-,40-,42-,43+,44+,45+,47-,48-,49+,50-,52-,53?,57-/m1/s1. The summed E-state index contributed by atoms with van der Waals surface area (Å²) < 4.78 is 42.0. The molecule has 0 aromatic rings. The predicted octanol–water partition coefficient (Wildman–Crippen LogP) is 6.99. The number of rotatable bonds is 14. The van der Waals surface area contributed by atoms with E-state index in [0.717, 1.165) is 18.4 Å². The van der Waals surface area contributed by atoms with Gasteiger partial charge >= 0.3 is 5.97 Å². The first-order valence-corrected chi connectivity index (χ1v) is 27.2. The molecule has 3 aliphatic heterocycles. The van der Waals surface area contributed by atoms with Crippen molar-refractivity contribution in [3.63, 3.8) is 0 Å². The van der Waals surface area contributed by atoms with Gasteiger partial charge in [-0.1, -0.05) is 78.0 Å². The van der Waals surface area contributed by atoms with Crippen molar-refractivity contribution in [1.82, 2.24) is 4.90 Å². The van der Waals surface area contributed by atoms with Crippen molar-refractivity contribution in [3.05, 3.63) is 47.6 Å². The van der Waals surface area contributed by atoms with E-state index in [9.17, 15) is 39.3 Å². The maximum atomic E-state index is 14.6. The molecule has 2 saturated heterocycles. The largest absolute Gasteiger partial charge is 0.460 e. The fraction of sp³-hybridized carbons (Fsp3) is 0.772. The molecule has 414 valence electrons. The number of aliphatic hydroxyl groups is 3. The number of aliphatic hydroxyl groups excluding tert-OH is 2. The summed E-state index contributed by atoms with van der Waals surface area (Å²) in [6.07, 6.45) is 12.6. The molecule has 16 heteroatoms. The molecule has 4 aliphatic rings. The van der Waals surface area contributed by atoms with Crippen LogP contribution in [0.3, 0.4) is 0 Å². The summed E-state index contributed by atoms with van der Waals surface area (Å²) in [7, 11) is 3.01. The molecule has 1 saturated carbocycles. The highest BCUT2D eigenvalue weighted by atomic mass is 16.6. The van der Waals surface area contributed by atoms with Crippen molar-refractivity contribution in [2.75, 3.05) is 53.8 Å². The molecule has 73 heavy (non-hydrogen) atoms. The van der Waals surface area contributed by atoms with Gasteiger partial charge in [-0.05, 0) is 113 Å². The van der Waals surface area contributed by atoms with Crippen LogP contribution in [0.25, 0.3) is 0 Å². The molecule has 16 nitrogen and oxygen atoms in total. The van der Waals surface area contributed by atoms with E-state index in [1.54, 1.807) is 34.0 Å². The van der Waals surface area contributed by atoms with Crippen LogP contribution < -0.4 is 0 Å². The molecule has 3 N–H and O–H groups in total. The molecule has 1 amide bonds. The van der Waals surface area contributed by atoms with Gasteiger partial charge in [0.2, 0.25) is 5.79 Å². The zero-order chi connectivity index (χ0) is 53.8. The topological polar surface area (TPSA) is 214 Å². The van der Waals surface area contributed by atoms with Crippen LogP contribution in [0.5, 0.6) is 0 Å². The van der Waals surface area contributed by atoms with Crippen LogP contribution in [0.2, 0.25) is 0 Å². The quantitative estimate of drug-likeness (QED) is 0.0692. The molecule has 3 fully saturated rings. The molecule has 15 atom stereocenters. The molecule has 0 aromatic heterocycles. The lowest BCUT2D eigenvalue weighted by atomic mass is 9.78. The minimum Gasteiger partial charge on any atom is -0.460 e. The molecule has 0 spiro atoms. The van der Waals surface area contributed by atoms with Crippen LogP contribution in [0, 0.1) is 35.5 Å². The second kappa shape index (κ2) is 30.9. The zero-order valence-corrected chi connectivity index (χ0v) is 45.7. The maximum absolute atomic E-state index is 14.6. The van der Waals surface area contributed by atoms with Gasteiger partial charge in [0.15, 0.2) is 5.78 Å². The van der Waals surface area contributed by atoms with E-state index in [-0.39, 0.29) is 80.5 Å². The Bertz CT molecular complexity index is 1900. The third-order valence-corrected chi connectivity index (χ3v) is 15.5. The minimum absolute atomic E-state index is 0.000424. The Kier molecular flexibility index (Phi) is 26.3. The molecule has 0 radical (unpaired) electrons. The number of ether oxygens (including phenoxy) is 7. The minimum atomic E-state index is -2.46. The summed E-state index contributed by atoms with van der Waals surface area (Å²) in [6.45, 7) is 16.2. The van der Waals surface area contributed by atoms with Crippen LogP contribution in [-0.2, 0) is 57.1 Å². The van der Waals surface area contributed by atoms with Gasteiger partial charge < -0.3 is 53.4 Å². The summed E-state index contributed by atoms with van der Waals surface area (Å²) >= 11 is 0. The zero-order valence-electron chi connectivity index (χ0n) is 45.7. The van der Waals surface area contributed by atoms with Crippen molar-refractivity contribution >= 4 is 29.2 Å². The van der Waals surface area contributed by atoms with E-state index in [2.05, 4.69) is 0 Å². The SMILES string of the molecule is CCCOCCO[C@@H]1C[C@@H]2CC[C@@H](C)[C@@](O)(O2)C(=O)C(=O)N2CCCC[C@H]2C(=O)O[C@H]([C@H](C)C[C@@H]2CC[C@@H](OCCO)[C@H](OC)C2)CC(=O)[C@H](C)/C=C(\C)[C@@H](O)C(OC)C(=O)[C@H](C)C[C@H](C)/C=C/C=C/C=C/1C. The van der Waals surface area contributed by atoms with E-state index >= 15 is 0 Å². The average Bonchev–Trinajstić information content (AvgIpc) is 3.37. The van der Waals surface area contributed by atoms with Gasteiger partial charge in [-0.3, -0.25) is 19.2 Å². The Labute approximate surface area is 435 Å². The van der Waals surface area contributed by atoms with Gasteiger partial charge in [0, 0.05) is 58.0 Å². The first-order valence-electron chi connectivity index (χ1n) is 27.2. The average molecular weight is 1030 g/mol. The van der Waals surface area contributed by atoms with Crippen molar-refractivity contribution < 1.29 is 72.5 Å². The molecule has 1 unspecified atom stereocenters. The lowest BCUT2D eigenvalue weighted by Crippen LogP contribution is -2.61. The second-order valence-electron chi connectivity index (χ2n) is 21.4. The van der Waals surface area contributed by atoms with Crippen LogP contribution >= 0.6 is 0 Å². The number of nitrogens with zero attached hydrogens (tertiary/aromatic N) is 1. The van der Waals surface area contributed by atoms with Gasteiger partial charge in [-0.15, -0.1) is 0 Å². The fourth-order valence-corrected chi connectivity index (χ4v) is 10.9. The molecule has 1 aliphatic carbocycles. The number of hydrogen-bond acceptors (Lipinski definition) is 15. The van der Waals surface area contributed by atoms with E-state index in [4.69, 9.17) is 33.2 Å². The number of piperidine rings is 1. The Balaban J connectivity index is 1.71. The van der Waals surface area contributed by atoms with Crippen LogP contribution in [0.4, 0.5) is 0 Å². The van der Waals surface area contributed by atoms with Crippen LogP contribution in [0.15, 0.2) is 47.6 Å². The van der Waals surface area contributed by atoms with E-state index in [1.165, 1.54) is 12.0 Å². The summed E-state index contributed by atoms with van der Waals surface area (Å²) in [5, 5.41) is 33.1. The smallest absolute Gasteiger partial charge is 0.329 e. The van der Waals surface area contributed by atoms with Gasteiger partial charge in [0.1, 0.15) is 30.1 Å². The van der Waals surface area contributed by atoms with Crippen molar-refractivity contribution in [2.24, 2.45) is 35.5 Å². The number of esters is 1.